The fourth-order valence-corrected chi connectivity index (χ4v) is 4.39. The fraction of sp³-hybridized carbons (Fsp3) is 0.478. The average molecular weight is 471 g/mol. The smallest absolute Gasteiger partial charge is 0.328 e. The number of carbonyl (C=O) groups is 1. The minimum Gasteiger partial charge on any atom is -0.371 e. The van der Waals surface area contributed by atoms with Crippen LogP contribution in [0.15, 0.2) is 30.6 Å². The average Bonchev–Trinajstić information content (AvgIpc) is 3.19. The molecule has 1 aliphatic carbocycles. The number of nitrogens with zero attached hydrogens (tertiary/aromatic N) is 5. The lowest BCUT2D eigenvalue weighted by atomic mass is 9.93. The Labute approximate surface area is 196 Å². The highest BCUT2D eigenvalue weighted by Gasteiger charge is 2.34. The molecular formula is C23H28F2N8O. The van der Waals surface area contributed by atoms with Crippen LogP contribution in [-0.2, 0) is 6.54 Å². The summed E-state index contributed by atoms with van der Waals surface area (Å²) in [5, 5.41) is 9.18. The maximum absolute atomic E-state index is 13.8. The molecule has 3 N–H and O–H groups in total. The Kier molecular flexibility index (Phi) is 6.03. The molecule has 0 unspecified atom stereocenters. The summed E-state index contributed by atoms with van der Waals surface area (Å²) in [5.41, 5.74) is 2.54. The Morgan fingerprint density at radius 1 is 1.24 bits per heavy atom. The van der Waals surface area contributed by atoms with Crippen LogP contribution in [0.2, 0.25) is 0 Å². The van der Waals surface area contributed by atoms with Crippen LogP contribution in [0.1, 0.15) is 37.7 Å². The molecular weight excluding hydrogens is 442 g/mol. The molecule has 1 saturated heterocycles. The van der Waals surface area contributed by atoms with Gasteiger partial charge in [-0.25, -0.2) is 23.1 Å². The number of hydrogen-bond donors (Lipinski definition) is 3. The molecule has 5 rings (SSSR count). The fourth-order valence-electron chi connectivity index (χ4n) is 4.39. The molecule has 0 atom stereocenters. The van der Waals surface area contributed by atoms with Gasteiger partial charge in [0.05, 0.1) is 6.54 Å². The van der Waals surface area contributed by atoms with Gasteiger partial charge in [0.15, 0.2) is 17.0 Å². The van der Waals surface area contributed by atoms with Gasteiger partial charge in [-0.3, -0.25) is 4.90 Å². The molecule has 1 amide bonds. The highest BCUT2D eigenvalue weighted by molar-refractivity contribution is 5.92. The number of likely N-dealkylation sites (tertiary alicyclic amines) is 1. The number of fused-ring (bicyclic) bond motifs is 1. The summed E-state index contributed by atoms with van der Waals surface area (Å²) in [6, 6.07) is 7.48. The zero-order valence-electron chi connectivity index (χ0n) is 19.0. The van der Waals surface area contributed by atoms with E-state index < -0.39 is 5.92 Å². The lowest BCUT2D eigenvalue weighted by Crippen LogP contribution is -2.41. The third-order valence-corrected chi connectivity index (χ3v) is 6.35. The van der Waals surface area contributed by atoms with Gasteiger partial charge in [0, 0.05) is 31.7 Å². The molecule has 2 aromatic heterocycles. The molecule has 0 spiro atoms. The van der Waals surface area contributed by atoms with Crippen LogP contribution < -0.4 is 16.0 Å². The highest BCUT2D eigenvalue weighted by atomic mass is 19.3. The first-order valence-electron chi connectivity index (χ1n) is 11.6. The van der Waals surface area contributed by atoms with E-state index in [-0.39, 0.29) is 25.0 Å². The molecule has 1 aromatic carbocycles. The maximum Gasteiger partial charge on any atom is 0.328 e. The second-order valence-electron chi connectivity index (χ2n) is 9.01. The minimum atomic E-state index is -2.63. The second kappa shape index (κ2) is 9.13. The Morgan fingerprint density at radius 2 is 2.09 bits per heavy atom. The first-order chi connectivity index (χ1) is 16.4. The molecule has 1 aliphatic heterocycles. The SMILES string of the molecule is CNc1nc(Nc2cccc(CN3CCCC(F)(F)C3)c2)nc2c1ncn2C(=O)NC1CCC1. The van der Waals surface area contributed by atoms with E-state index in [1.54, 1.807) is 11.9 Å². The number of carbonyl (C=O) groups excluding carboxylic acids is 1. The molecule has 180 valence electrons. The van der Waals surface area contributed by atoms with Crippen molar-refractivity contribution in [2.45, 2.75) is 50.6 Å². The van der Waals surface area contributed by atoms with Crippen LogP contribution in [0.5, 0.6) is 0 Å². The summed E-state index contributed by atoms with van der Waals surface area (Å²) in [6.07, 6.45) is 4.98. The summed E-state index contributed by atoms with van der Waals surface area (Å²) in [6.45, 7) is 0.884. The van der Waals surface area contributed by atoms with Crippen molar-refractivity contribution in [1.82, 2.24) is 29.7 Å². The molecule has 2 fully saturated rings. The highest BCUT2D eigenvalue weighted by Crippen LogP contribution is 2.28. The number of hydrogen-bond acceptors (Lipinski definition) is 7. The van der Waals surface area contributed by atoms with Crippen LogP contribution in [0.25, 0.3) is 11.2 Å². The van der Waals surface area contributed by atoms with Crippen molar-refractivity contribution >= 4 is 34.6 Å². The van der Waals surface area contributed by atoms with Gasteiger partial charge < -0.3 is 16.0 Å². The van der Waals surface area contributed by atoms with E-state index in [1.807, 2.05) is 24.3 Å². The lowest BCUT2D eigenvalue weighted by molar-refractivity contribution is -0.0661. The number of benzene rings is 1. The largest absolute Gasteiger partial charge is 0.371 e. The van der Waals surface area contributed by atoms with Gasteiger partial charge in [-0.15, -0.1) is 0 Å². The van der Waals surface area contributed by atoms with E-state index in [2.05, 4.69) is 30.9 Å². The standard InChI is InChI=1S/C23H28F2N8O/c1-26-19-18-20(33(14-27-18)22(34)29-16-6-3-7-16)31-21(30-19)28-17-8-2-5-15(11-17)12-32-10-4-9-23(24,25)13-32/h2,5,8,11,14,16H,3-4,6-7,9-10,12-13H2,1H3,(H,29,34)(H2,26,28,30,31). The predicted molar refractivity (Wildman–Crippen MR) is 126 cm³/mol. The summed E-state index contributed by atoms with van der Waals surface area (Å²) < 4.78 is 28.9. The van der Waals surface area contributed by atoms with Gasteiger partial charge in [-0.2, -0.15) is 9.97 Å². The van der Waals surface area contributed by atoms with Crippen molar-refractivity contribution in [2.24, 2.45) is 0 Å². The van der Waals surface area contributed by atoms with Crippen molar-refractivity contribution in [3.63, 3.8) is 0 Å². The molecule has 11 heteroatoms. The third kappa shape index (κ3) is 4.79. The number of imidazole rings is 1. The summed E-state index contributed by atoms with van der Waals surface area (Å²) >= 11 is 0. The second-order valence-corrected chi connectivity index (χ2v) is 9.01. The van der Waals surface area contributed by atoms with Crippen LogP contribution in [0.4, 0.5) is 31.0 Å². The monoisotopic (exact) mass is 470 g/mol. The van der Waals surface area contributed by atoms with Gasteiger partial charge >= 0.3 is 6.03 Å². The van der Waals surface area contributed by atoms with Crippen molar-refractivity contribution in [1.29, 1.82) is 0 Å². The molecule has 3 heterocycles. The Bertz CT molecular complexity index is 1190. The normalized spacial score (nSPS) is 18.4. The summed E-state index contributed by atoms with van der Waals surface area (Å²) in [4.78, 5) is 27.9. The summed E-state index contributed by atoms with van der Waals surface area (Å²) in [7, 11) is 1.73. The van der Waals surface area contributed by atoms with Crippen molar-refractivity contribution in [3.8, 4) is 0 Å². The first-order valence-corrected chi connectivity index (χ1v) is 11.6. The number of rotatable bonds is 6. The van der Waals surface area contributed by atoms with Gasteiger partial charge in [-0.05, 0) is 49.9 Å². The molecule has 2 aliphatic rings. The molecule has 34 heavy (non-hydrogen) atoms. The van der Waals surface area contributed by atoms with E-state index >= 15 is 0 Å². The zero-order valence-corrected chi connectivity index (χ0v) is 19.0. The van der Waals surface area contributed by atoms with Crippen LogP contribution in [0.3, 0.4) is 0 Å². The first kappa shape index (κ1) is 22.5. The van der Waals surface area contributed by atoms with Gasteiger partial charge in [0.1, 0.15) is 6.33 Å². The van der Waals surface area contributed by atoms with Crippen LogP contribution in [0, 0.1) is 0 Å². The molecule has 3 aromatic rings. The van der Waals surface area contributed by atoms with E-state index in [4.69, 9.17) is 0 Å². The quantitative estimate of drug-likeness (QED) is 0.502. The predicted octanol–water partition coefficient (Wildman–Crippen LogP) is 3.95. The molecule has 1 saturated carbocycles. The van der Waals surface area contributed by atoms with Crippen molar-refractivity contribution in [2.75, 3.05) is 30.8 Å². The van der Waals surface area contributed by atoms with E-state index in [1.165, 1.54) is 10.9 Å². The number of halogens is 2. The number of amides is 1. The maximum atomic E-state index is 13.8. The van der Waals surface area contributed by atoms with Crippen LogP contribution >= 0.6 is 0 Å². The van der Waals surface area contributed by atoms with Gasteiger partial charge in [0.2, 0.25) is 5.95 Å². The molecule has 0 bridgehead atoms. The van der Waals surface area contributed by atoms with E-state index in [9.17, 15) is 13.6 Å². The Hall–Kier alpha value is -3.34. The number of alkyl halides is 2. The molecule has 9 nitrogen and oxygen atoms in total. The Balaban J connectivity index is 1.36. The van der Waals surface area contributed by atoms with E-state index in [0.29, 0.717) is 42.4 Å². The number of piperidine rings is 1. The van der Waals surface area contributed by atoms with Gasteiger partial charge in [0.25, 0.3) is 5.92 Å². The number of aromatic nitrogens is 4. The Morgan fingerprint density at radius 3 is 2.82 bits per heavy atom. The van der Waals surface area contributed by atoms with Crippen molar-refractivity contribution < 1.29 is 13.6 Å². The van der Waals surface area contributed by atoms with Crippen molar-refractivity contribution in [3.05, 3.63) is 36.2 Å². The topological polar surface area (TPSA) is 100 Å². The zero-order chi connectivity index (χ0) is 23.7. The summed E-state index contributed by atoms with van der Waals surface area (Å²) in [5.74, 6) is -1.83. The van der Waals surface area contributed by atoms with Crippen LogP contribution in [-0.4, -0.2) is 62.6 Å². The number of anilines is 3. The molecule has 0 radical (unpaired) electrons. The third-order valence-electron chi connectivity index (χ3n) is 6.35. The van der Waals surface area contributed by atoms with Gasteiger partial charge in [-0.1, -0.05) is 12.1 Å². The lowest BCUT2D eigenvalue weighted by Gasteiger charge is -2.32. The number of nitrogens with one attached hydrogen (secondary N) is 3. The van der Waals surface area contributed by atoms with E-state index in [0.717, 1.165) is 30.5 Å². The minimum absolute atomic E-state index is 0.0476.